The lowest BCUT2D eigenvalue weighted by Gasteiger charge is -2.01. The number of pyridine rings is 1. The summed E-state index contributed by atoms with van der Waals surface area (Å²) in [5.41, 5.74) is 0.972. The van der Waals surface area contributed by atoms with E-state index in [1.54, 1.807) is 42.1 Å². The Morgan fingerprint density at radius 2 is 2.25 bits per heavy atom. The number of nitrogens with zero attached hydrogens (tertiary/aromatic N) is 2. The van der Waals surface area contributed by atoms with Gasteiger partial charge < -0.3 is 9.15 Å². The molecule has 0 atom stereocenters. The highest BCUT2D eigenvalue weighted by molar-refractivity contribution is 7.13. The molecular formula is C14H10N2O3S. The number of carbonyl (C=O) groups excluding carboxylic acids is 1. The second-order valence-electron chi connectivity index (χ2n) is 3.91. The summed E-state index contributed by atoms with van der Waals surface area (Å²) in [5.74, 6) is 0.170. The molecule has 0 N–H and O–H groups in total. The Morgan fingerprint density at radius 1 is 1.30 bits per heavy atom. The van der Waals surface area contributed by atoms with Crippen molar-refractivity contribution in [3.63, 3.8) is 0 Å². The number of carbonyl (C=O) groups is 1. The molecule has 3 aromatic rings. The third-order valence-electron chi connectivity index (χ3n) is 2.52. The fourth-order valence-electron chi connectivity index (χ4n) is 1.58. The summed E-state index contributed by atoms with van der Waals surface area (Å²) in [6, 6.07) is 9.01. The van der Waals surface area contributed by atoms with Crippen LogP contribution in [0.5, 0.6) is 0 Å². The molecule has 0 aliphatic carbocycles. The van der Waals surface area contributed by atoms with Gasteiger partial charge in [0.05, 0.1) is 12.0 Å². The molecule has 0 spiro atoms. The zero-order valence-corrected chi connectivity index (χ0v) is 11.2. The van der Waals surface area contributed by atoms with Gasteiger partial charge in [-0.05, 0) is 24.3 Å². The molecule has 0 bridgehead atoms. The minimum Gasteiger partial charge on any atom is -0.462 e. The van der Waals surface area contributed by atoms with Gasteiger partial charge in [-0.2, -0.15) is 0 Å². The molecule has 20 heavy (non-hydrogen) atoms. The molecule has 6 heteroatoms. The fraction of sp³-hybridized carbons (Fsp3) is 0.0714. The lowest BCUT2D eigenvalue weighted by Crippen LogP contribution is -2.06. The fourth-order valence-corrected chi connectivity index (χ4v) is 2.33. The maximum Gasteiger partial charge on any atom is 0.358 e. The van der Waals surface area contributed by atoms with Crippen molar-refractivity contribution in [2.24, 2.45) is 0 Å². The molecule has 100 valence electrons. The van der Waals surface area contributed by atoms with Crippen molar-refractivity contribution in [1.82, 2.24) is 9.97 Å². The van der Waals surface area contributed by atoms with E-state index < -0.39 is 5.97 Å². The molecule has 0 fully saturated rings. The van der Waals surface area contributed by atoms with Gasteiger partial charge in [0.15, 0.2) is 16.5 Å². The first-order chi connectivity index (χ1) is 9.83. The molecule has 0 saturated carbocycles. The number of esters is 1. The van der Waals surface area contributed by atoms with Crippen LogP contribution in [-0.2, 0) is 11.3 Å². The first kappa shape index (κ1) is 12.6. The maximum absolute atomic E-state index is 11.9. The van der Waals surface area contributed by atoms with E-state index in [2.05, 4.69) is 9.97 Å². The van der Waals surface area contributed by atoms with Crippen LogP contribution in [0.15, 0.2) is 52.6 Å². The van der Waals surface area contributed by atoms with Gasteiger partial charge in [-0.1, -0.05) is 6.07 Å². The van der Waals surface area contributed by atoms with Crippen molar-refractivity contribution in [1.29, 1.82) is 0 Å². The van der Waals surface area contributed by atoms with Crippen LogP contribution in [0.4, 0.5) is 0 Å². The number of rotatable bonds is 4. The predicted octanol–water partition coefficient (Wildman–Crippen LogP) is 3.16. The second kappa shape index (κ2) is 5.66. The van der Waals surface area contributed by atoms with E-state index in [-0.39, 0.29) is 12.3 Å². The number of hydrogen-bond acceptors (Lipinski definition) is 6. The highest BCUT2D eigenvalue weighted by Crippen LogP contribution is 2.24. The standard InChI is InChI=1S/C14H10N2O3S/c17-14(19-8-10-4-1-2-6-15-10)11-9-20-13(16-11)12-5-3-7-18-12/h1-7,9H,8H2. The molecule has 0 aliphatic heterocycles. The molecule has 0 saturated heterocycles. The van der Waals surface area contributed by atoms with Gasteiger partial charge in [-0.25, -0.2) is 9.78 Å². The third kappa shape index (κ3) is 2.75. The zero-order valence-electron chi connectivity index (χ0n) is 10.4. The SMILES string of the molecule is O=C(OCc1ccccn1)c1csc(-c2ccco2)n1. The lowest BCUT2D eigenvalue weighted by atomic mass is 10.4. The van der Waals surface area contributed by atoms with Crippen molar-refractivity contribution in [3.05, 3.63) is 59.6 Å². The maximum atomic E-state index is 11.9. The first-order valence-electron chi connectivity index (χ1n) is 5.89. The van der Waals surface area contributed by atoms with Crippen LogP contribution in [0.25, 0.3) is 10.8 Å². The van der Waals surface area contributed by atoms with E-state index in [0.29, 0.717) is 16.5 Å². The summed E-state index contributed by atoms with van der Waals surface area (Å²) in [6.07, 6.45) is 3.22. The Hall–Kier alpha value is -2.47. The zero-order chi connectivity index (χ0) is 13.8. The summed E-state index contributed by atoms with van der Waals surface area (Å²) in [4.78, 5) is 20.1. The molecule has 0 amide bonds. The predicted molar refractivity (Wildman–Crippen MR) is 73.2 cm³/mol. The average Bonchev–Trinajstić information content (AvgIpc) is 3.16. The minimum absolute atomic E-state index is 0.132. The van der Waals surface area contributed by atoms with Crippen molar-refractivity contribution in [2.75, 3.05) is 0 Å². The highest BCUT2D eigenvalue weighted by Gasteiger charge is 2.14. The smallest absolute Gasteiger partial charge is 0.358 e. The summed E-state index contributed by atoms with van der Waals surface area (Å²) in [5, 5.41) is 2.30. The lowest BCUT2D eigenvalue weighted by molar-refractivity contribution is 0.0462. The van der Waals surface area contributed by atoms with Crippen LogP contribution in [0, 0.1) is 0 Å². The van der Waals surface area contributed by atoms with Gasteiger partial charge >= 0.3 is 5.97 Å². The summed E-state index contributed by atoms with van der Waals surface area (Å²) < 4.78 is 10.4. The largest absolute Gasteiger partial charge is 0.462 e. The van der Waals surface area contributed by atoms with Crippen molar-refractivity contribution in [2.45, 2.75) is 6.61 Å². The quantitative estimate of drug-likeness (QED) is 0.689. The van der Waals surface area contributed by atoms with Crippen LogP contribution in [0.2, 0.25) is 0 Å². The van der Waals surface area contributed by atoms with Crippen LogP contribution in [-0.4, -0.2) is 15.9 Å². The van der Waals surface area contributed by atoms with Crippen LogP contribution in [0.3, 0.4) is 0 Å². The van der Waals surface area contributed by atoms with E-state index in [0.717, 1.165) is 0 Å². The number of furan rings is 1. The van der Waals surface area contributed by atoms with Crippen LogP contribution in [0.1, 0.15) is 16.2 Å². The first-order valence-corrected chi connectivity index (χ1v) is 6.77. The summed E-state index contributed by atoms with van der Waals surface area (Å²) in [7, 11) is 0. The van der Waals surface area contributed by atoms with Gasteiger partial charge in [0.1, 0.15) is 6.61 Å². The monoisotopic (exact) mass is 286 g/mol. The van der Waals surface area contributed by atoms with E-state index >= 15 is 0 Å². The Kier molecular flexibility index (Phi) is 3.56. The summed E-state index contributed by atoms with van der Waals surface area (Å²) in [6.45, 7) is 0.132. The van der Waals surface area contributed by atoms with Gasteiger partial charge in [0, 0.05) is 11.6 Å². The van der Waals surface area contributed by atoms with Crippen LogP contribution >= 0.6 is 11.3 Å². The Morgan fingerprint density at radius 3 is 3.00 bits per heavy atom. The Bertz CT molecular complexity index is 692. The molecule has 3 rings (SSSR count). The Labute approximate surface area is 118 Å². The van der Waals surface area contributed by atoms with Crippen molar-refractivity contribution >= 4 is 17.3 Å². The van der Waals surface area contributed by atoms with Crippen molar-refractivity contribution < 1.29 is 13.9 Å². The normalized spacial score (nSPS) is 10.4. The number of ether oxygens (including phenoxy) is 1. The number of hydrogen-bond donors (Lipinski definition) is 0. The molecule has 3 aromatic heterocycles. The average molecular weight is 286 g/mol. The van der Waals surface area contributed by atoms with Gasteiger partial charge in [0.25, 0.3) is 0 Å². The van der Waals surface area contributed by atoms with Crippen LogP contribution < -0.4 is 0 Å². The van der Waals surface area contributed by atoms with E-state index in [4.69, 9.17) is 9.15 Å². The molecule has 0 radical (unpaired) electrons. The van der Waals surface area contributed by atoms with E-state index in [1.165, 1.54) is 11.3 Å². The Balaban J connectivity index is 1.66. The molecule has 0 aromatic carbocycles. The molecular weight excluding hydrogens is 276 g/mol. The van der Waals surface area contributed by atoms with E-state index in [9.17, 15) is 4.79 Å². The van der Waals surface area contributed by atoms with Crippen molar-refractivity contribution in [3.8, 4) is 10.8 Å². The topological polar surface area (TPSA) is 65.2 Å². The minimum atomic E-state index is -0.468. The van der Waals surface area contributed by atoms with Gasteiger partial charge in [0.2, 0.25) is 0 Å². The molecule has 3 heterocycles. The molecule has 0 aliphatic rings. The van der Waals surface area contributed by atoms with Gasteiger partial charge in [-0.3, -0.25) is 4.98 Å². The molecule has 0 unspecified atom stereocenters. The second-order valence-corrected chi connectivity index (χ2v) is 4.77. The third-order valence-corrected chi connectivity index (χ3v) is 3.38. The summed E-state index contributed by atoms with van der Waals surface area (Å²) >= 11 is 1.34. The molecule has 5 nitrogen and oxygen atoms in total. The highest BCUT2D eigenvalue weighted by atomic mass is 32.1. The number of thiazole rings is 1. The van der Waals surface area contributed by atoms with E-state index in [1.807, 2.05) is 6.07 Å². The number of aromatic nitrogens is 2. The van der Waals surface area contributed by atoms with Gasteiger partial charge in [-0.15, -0.1) is 11.3 Å².